The van der Waals surface area contributed by atoms with Gasteiger partial charge in [0.05, 0.1) is 27.2 Å². The van der Waals surface area contributed by atoms with Gasteiger partial charge >= 0.3 is 0 Å². The van der Waals surface area contributed by atoms with Crippen molar-refractivity contribution in [3.8, 4) is 0 Å². The minimum Gasteiger partial charge on any atom is -1.00 e. The first-order valence-electron chi connectivity index (χ1n) is 9.45. The van der Waals surface area contributed by atoms with Crippen molar-refractivity contribution in [1.29, 1.82) is 0 Å². The molecule has 0 spiro atoms. The van der Waals surface area contributed by atoms with Crippen LogP contribution < -0.4 is 17.0 Å². The zero-order valence-corrected chi connectivity index (χ0v) is 19.8. The first kappa shape index (κ1) is 22.5. The molecule has 0 atom stereocenters. The van der Waals surface area contributed by atoms with Crippen LogP contribution in [0.15, 0.2) is 58.3 Å². The van der Waals surface area contributed by atoms with Gasteiger partial charge in [0.15, 0.2) is 0 Å². The van der Waals surface area contributed by atoms with Crippen LogP contribution in [0.3, 0.4) is 0 Å². The lowest BCUT2D eigenvalue weighted by molar-refractivity contribution is -0.890. The summed E-state index contributed by atoms with van der Waals surface area (Å²) in [6.45, 7) is 7.00. The van der Waals surface area contributed by atoms with E-state index >= 15 is 0 Å². The van der Waals surface area contributed by atoms with Crippen LogP contribution in [0.1, 0.15) is 37.8 Å². The second-order valence-corrected chi connectivity index (χ2v) is 9.73. The van der Waals surface area contributed by atoms with E-state index < -0.39 is 0 Å². The molecule has 0 radical (unpaired) electrons. The third-order valence-electron chi connectivity index (χ3n) is 5.02. The molecule has 146 valence electrons. The fraction of sp³-hybridized carbons (Fsp3) is 0.391. The quantitative estimate of drug-likeness (QED) is 0.499. The van der Waals surface area contributed by atoms with Crippen LogP contribution in [-0.4, -0.2) is 31.7 Å². The van der Waals surface area contributed by atoms with E-state index in [1.807, 2.05) is 17.8 Å². The molecular weight excluding hydrogens is 438 g/mol. The maximum Gasteiger partial charge on any atom is 0.0817 e. The number of benzene rings is 2. The van der Waals surface area contributed by atoms with Crippen molar-refractivity contribution >= 4 is 28.9 Å². The van der Waals surface area contributed by atoms with Crippen molar-refractivity contribution in [2.45, 2.75) is 36.5 Å². The molecule has 1 heterocycles. The monoisotopic (exact) mass is 465 g/mol. The molecule has 3 rings (SSSR count). The molecule has 0 saturated heterocycles. The molecule has 1 aliphatic heterocycles. The Hall–Kier alpha value is -0.740. The van der Waals surface area contributed by atoms with E-state index in [0.29, 0.717) is 0 Å². The van der Waals surface area contributed by atoms with Gasteiger partial charge in [-0.1, -0.05) is 61.5 Å². The minimum absolute atomic E-state index is 0. The summed E-state index contributed by atoms with van der Waals surface area (Å²) >= 11 is 8.15. The zero-order chi connectivity index (χ0) is 18.7. The SMILES string of the molecule is CC(C)CC[N+](C)(C)CCC=C1c2ccccc2Sc2ccc(Cl)cc21.[Br-]. The van der Waals surface area contributed by atoms with Crippen LogP contribution in [0.25, 0.3) is 5.57 Å². The van der Waals surface area contributed by atoms with Crippen LogP contribution in [0.2, 0.25) is 5.02 Å². The van der Waals surface area contributed by atoms with Crippen molar-refractivity contribution in [3.05, 3.63) is 64.7 Å². The van der Waals surface area contributed by atoms with Gasteiger partial charge in [-0.15, -0.1) is 0 Å². The van der Waals surface area contributed by atoms with Gasteiger partial charge in [-0.05, 0) is 53.3 Å². The van der Waals surface area contributed by atoms with Crippen LogP contribution in [0.5, 0.6) is 0 Å². The molecule has 0 aliphatic carbocycles. The third kappa shape index (κ3) is 5.87. The molecule has 0 saturated carbocycles. The summed E-state index contributed by atoms with van der Waals surface area (Å²) in [5.74, 6) is 0.766. The first-order chi connectivity index (χ1) is 12.4. The summed E-state index contributed by atoms with van der Waals surface area (Å²) in [6.07, 6.45) is 4.77. The van der Waals surface area contributed by atoms with Crippen LogP contribution >= 0.6 is 23.4 Å². The molecule has 0 unspecified atom stereocenters. The van der Waals surface area contributed by atoms with Crippen molar-refractivity contribution in [1.82, 2.24) is 0 Å². The van der Waals surface area contributed by atoms with Crippen molar-refractivity contribution in [3.63, 3.8) is 0 Å². The lowest BCUT2D eigenvalue weighted by Gasteiger charge is -2.30. The number of halogens is 2. The van der Waals surface area contributed by atoms with Gasteiger partial charge in [0, 0.05) is 21.2 Å². The maximum absolute atomic E-state index is 6.31. The second-order valence-electron chi connectivity index (χ2n) is 8.21. The average Bonchev–Trinajstić information content (AvgIpc) is 2.60. The van der Waals surface area contributed by atoms with E-state index in [9.17, 15) is 0 Å². The molecule has 2 aromatic rings. The Balaban J connectivity index is 0.00000261. The topological polar surface area (TPSA) is 0 Å². The maximum atomic E-state index is 6.31. The average molecular weight is 467 g/mol. The van der Waals surface area contributed by atoms with E-state index in [1.54, 1.807) is 0 Å². The number of nitrogens with zero attached hydrogens (tertiary/aromatic N) is 1. The Labute approximate surface area is 184 Å². The Bertz CT molecular complexity index is 814. The van der Waals surface area contributed by atoms with E-state index in [2.05, 4.69) is 70.4 Å². The Morgan fingerprint density at radius 2 is 1.70 bits per heavy atom. The molecule has 0 amide bonds. The van der Waals surface area contributed by atoms with Gasteiger partial charge in [0.1, 0.15) is 0 Å². The molecule has 27 heavy (non-hydrogen) atoms. The lowest BCUT2D eigenvalue weighted by atomic mass is 9.96. The Morgan fingerprint density at radius 1 is 1.00 bits per heavy atom. The summed E-state index contributed by atoms with van der Waals surface area (Å²) in [5.41, 5.74) is 3.94. The summed E-state index contributed by atoms with van der Waals surface area (Å²) in [5, 5.41) is 0.808. The van der Waals surface area contributed by atoms with Crippen molar-refractivity contribution < 1.29 is 21.5 Å². The standard InChI is InChI=1S/C23H29ClNS.BrH/c1-17(2)13-15-25(3,4)14-7-9-19-20-8-5-6-10-22(20)26-23-12-11-18(24)16-21(19)23;/h5-6,8-12,16-17H,7,13-15H2,1-4H3;1H/q+1;/p-1. The summed E-state index contributed by atoms with van der Waals surface area (Å²) in [7, 11) is 4.69. The smallest absolute Gasteiger partial charge is 0.0817 e. The zero-order valence-electron chi connectivity index (χ0n) is 16.6. The highest BCUT2D eigenvalue weighted by molar-refractivity contribution is 7.99. The van der Waals surface area contributed by atoms with Crippen LogP contribution in [0.4, 0.5) is 0 Å². The normalized spacial score (nSPS) is 14.7. The molecule has 1 nitrogen and oxygen atoms in total. The van der Waals surface area contributed by atoms with Gasteiger partial charge in [-0.25, -0.2) is 0 Å². The number of fused-ring (bicyclic) bond motifs is 2. The molecule has 0 bridgehead atoms. The molecule has 1 aliphatic rings. The molecule has 4 heteroatoms. The number of quaternary nitrogens is 1. The molecule has 2 aromatic carbocycles. The third-order valence-corrected chi connectivity index (χ3v) is 6.41. The van der Waals surface area contributed by atoms with E-state index in [4.69, 9.17) is 11.6 Å². The molecule has 0 fully saturated rings. The molecule has 0 N–H and O–H groups in total. The number of hydrogen-bond donors (Lipinski definition) is 0. The summed E-state index contributed by atoms with van der Waals surface area (Å²) < 4.78 is 1.07. The highest BCUT2D eigenvalue weighted by Crippen LogP contribution is 2.46. The fourth-order valence-electron chi connectivity index (χ4n) is 3.34. The highest BCUT2D eigenvalue weighted by atomic mass is 79.9. The van der Waals surface area contributed by atoms with Crippen LogP contribution in [-0.2, 0) is 0 Å². The number of hydrogen-bond acceptors (Lipinski definition) is 1. The van der Waals surface area contributed by atoms with E-state index in [-0.39, 0.29) is 17.0 Å². The predicted molar refractivity (Wildman–Crippen MR) is 115 cm³/mol. The highest BCUT2D eigenvalue weighted by Gasteiger charge is 2.21. The minimum atomic E-state index is 0. The molecular formula is C23H29BrClNS. The predicted octanol–water partition coefficient (Wildman–Crippen LogP) is 3.75. The van der Waals surface area contributed by atoms with Crippen molar-refractivity contribution in [2.24, 2.45) is 5.92 Å². The second kappa shape index (κ2) is 9.65. The molecule has 0 aromatic heterocycles. The Morgan fingerprint density at radius 3 is 2.44 bits per heavy atom. The Kier molecular flexibility index (Phi) is 8.05. The largest absolute Gasteiger partial charge is 1.00 e. The van der Waals surface area contributed by atoms with E-state index in [1.165, 1.54) is 39.5 Å². The van der Waals surface area contributed by atoms with Crippen LogP contribution in [0, 0.1) is 5.92 Å². The lowest BCUT2D eigenvalue weighted by Crippen LogP contribution is -3.00. The van der Waals surface area contributed by atoms with Gasteiger partial charge in [-0.3, -0.25) is 0 Å². The fourth-order valence-corrected chi connectivity index (χ4v) is 4.60. The summed E-state index contributed by atoms with van der Waals surface area (Å²) in [4.78, 5) is 2.63. The summed E-state index contributed by atoms with van der Waals surface area (Å²) in [6, 6.07) is 15.0. The van der Waals surface area contributed by atoms with Crippen molar-refractivity contribution in [2.75, 3.05) is 27.2 Å². The van der Waals surface area contributed by atoms with Gasteiger partial charge < -0.3 is 21.5 Å². The number of rotatable bonds is 6. The van der Waals surface area contributed by atoms with Gasteiger partial charge in [0.2, 0.25) is 0 Å². The first-order valence-corrected chi connectivity index (χ1v) is 10.6. The van der Waals surface area contributed by atoms with Gasteiger partial charge in [-0.2, -0.15) is 0 Å². The van der Waals surface area contributed by atoms with Gasteiger partial charge in [0.25, 0.3) is 0 Å². The van der Waals surface area contributed by atoms with E-state index in [0.717, 1.165) is 28.4 Å².